The molecule has 3 aromatic rings. The highest BCUT2D eigenvalue weighted by Gasteiger charge is 2.49. The molecule has 8 heteroatoms. The molecule has 0 aromatic heterocycles. The second-order valence-electron chi connectivity index (χ2n) is 11.6. The zero-order valence-corrected chi connectivity index (χ0v) is 26.2. The Morgan fingerprint density at radius 1 is 0.636 bits per heavy atom. The Labute approximate surface area is 261 Å². The van der Waals surface area contributed by atoms with Crippen molar-refractivity contribution in [3.05, 3.63) is 95.6 Å². The highest BCUT2D eigenvalue weighted by atomic mass is 16.7. The average molecular weight is 607 g/mol. The summed E-state index contributed by atoms with van der Waals surface area (Å²) in [5, 5.41) is 0. The van der Waals surface area contributed by atoms with Gasteiger partial charge < -0.3 is 37.9 Å². The van der Waals surface area contributed by atoms with Gasteiger partial charge in [0.15, 0.2) is 5.79 Å². The van der Waals surface area contributed by atoms with Gasteiger partial charge in [0.2, 0.25) is 0 Å². The minimum Gasteiger partial charge on any atom is -0.497 e. The largest absolute Gasteiger partial charge is 0.497 e. The van der Waals surface area contributed by atoms with E-state index in [1.54, 1.807) is 21.3 Å². The third-order valence-electron chi connectivity index (χ3n) is 8.30. The first-order valence-electron chi connectivity index (χ1n) is 15.5. The quantitative estimate of drug-likeness (QED) is 0.182. The van der Waals surface area contributed by atoms with Gasteiger partial charge in [-0.05, 0) is 47.4 Å². The summed E-state index contributed by atoms with van der Waals surface area (Å²) < 4.78 is 48.7. The summed E-state index contributed by atoms with van der Waals surface area (Å²) in [6.45, 7) is 2.59. The molecule has 8 nitrogen and oxygen atoms in total. The van der Waals surface area contributed by atoms with Gasteiger partial charge in [-0.3, -0.25) is 0 Å². The Morgan fingerprint density at radius 3 is 1.86 bits per heavy atom. The van der Waals surface area contributed by atoms with Gasteiger partial charge in [-0.25, -0.2) is 0 Å². The summed E-state index contributed by atoms with van der Waals surface area (Å²) >= 11 is 0. The van der Waals surface area contributed by atoms with E-state index in [1.165, 1.54) is 0 Å². The lowest BCUT2D eigenvalue weighted by Crippen LogP contribution is -2.56. The molecule has 0 N–H and O–H groups in total. The summed E-state index contributed by atoms with van der Waals surface area (Å²) in [4.78, 5) is 0. The lowest BCUT2D eigenvalue weighted by Gasteiger charge is -2.49. The minimum atomic E-state index is -0.816. The Kier molecular flexibility index (Phi) is 12.1. The lowest BCUT2D eigenvalue weighted by atomic mass is 9.89. The molecule has 44 heavy (non-hydrogen) atoms. The van der Waals surface area contributed by atoms with Crippen LogP contribution < -0.4 is 9.47 Å². The van der Waals surface area contributed by atoms with Crippen molar-refractivity contribution in [1.82, 2.24) is 0 Å². The molecule has 0 radical (unpaired) electrons. The zero-order valence-electron chi connectivity index (χ0n) is 26.2. The minimum absolute atomic E-state index is 0.0153. The monoisotopic (exact) mass is 606 g/mol. The first kappa shape index (κ1) is 32.4. The van der Waals surface area contributed by atoms with Gasteiger partial charge in [-0.2, -0.15) is 0 Å². The van der Waals surface area contributed by atoms with E-state index in [1.807, 2.05) is 66.7 Å². The molecule has 0 saturated carbocycles. The van der Waals surface area contributed by atoms with Crippen LogP contribution in [-0.4, -0.2) is 64.7 Å². The van der Waals surface area contributed by atoms with Crippen molar-refractivity contribution < 1.29 is 37.9 Å². The van der Waals surface area contributed by atoms with Crippen molar-refractivity contribution in [2.24, 2.45) is 0 Å². The molecule has 0 unspecified atom stereocenters. The fourth-order valence-electron chi connectivity index (χ4n) is 5.98. The van der Waals surface area contributed by atoms with Crippen LogP contribution in [0.25, 0.3) is 0 Å². The molecule has 0 amide bonds. The van der Waals surface area contributed by atoms with E-state index in [9.17, 15) is 0 Å². The van der Waals surface area contributed by atoms with Crippen LogP contribution in [-0.2, 0) is 48.2 Å². The van der Waals surface area contributed by atoms with Crippen molar-refractivity contribution in [2.75, 3.05) is 34.5 Å². The lowest BCUT2D eigenvalue weighted by molar-refractivity contribution is -0.347. The normalized spacial score (nSPS) is 25.2. The fourth-order valence-corrected chi connectivity index (χ4v) is 5.98. The molecule has 2 aliphatic heterocycles. The van der Waals surface area contributed by atoms with Gasteiger partial charge >= 0.3 is 0 Å². The standard InChI is InChI=1S/C36H46O8/c1-37-30-13-9-28(10-14-30)23-40-18-17-32-19-33(39-3)21-36(43-32)22-34(42-25-29-11-15-31(38-2)16-12-29)20-35(44-36)26-41-24-27-7-5-4-6-8-27/h4-16,32-35H,17-26H2,1-3H3/t32-,33+,34+,35-,36-/m1/s1. The summed E-state index contributed by atoms with van der Waals surface area (Å²) in [6, 6.07) is 26.1. The molecule has 2 fully saturated rings. The van der Waals surface area contributed by atoms with E-state index < -0.39 is 5.79 Å². The van der Waals surface area contributed by atoms with Crippen molar-refractivity contribution in [3.63, 3.8) is 0 Å². The molecular formula is C36H46O8. The number of rotatable bonds is 15. The Balaban J connectivity index is 1.21. The van der Waals surface area contributed by atoms with Gasteiger partial charge in [-0.15, -0.1) is 0 Å². The Morgan fingerprint density at radius 2 is 1.20 bits per heavy atom. The molecular weight excluding hydrogens is 560 g/mol. The van der Waals surface area contributed by atoms with Crippen LogP contribution in [0, 0.1) is 0 Å². The predicted octanol–water partition coefficient (Wildman–Crippen LogP) is 6.48. The third kappa shape index (κ3) is 9.51. The summed E-state index contributed by atoms with van der Waals surface area (Å²) in [7, 11) is 5.10. The first-order chi connectivity index (χ1) is 21.6. The average Bonchev–Trinajstić information content (AvgIpc) is 3.06. The Bertz CT molecular complexity index is 1240. The molecule has 2 heterocycles. The SMILES string of the molecule is COc1ccc(COCC[C@@H]2C[C@H](OC)C[C@@]3(C[C@@H](OCc4ccc(OC)cc4)C[C@H](COCc4ccccc4)O3)O2)cc1. The van der Waals surface area contributed by atoms with Crippen molar-refractivity contribution in [1.29, 1.82) is 0 Å². The molecule has 5 atom stereocenters. The van der Waals surface area contributed by atoms with E-state index in [0.29, 0.717) is 45.9 Å². The molecule has 238 valence electrons. The van der Waals surface area contributed by atoms with E-state index in [-0.39, 0.29) is 24.4 Å². The van der Waals surface area contributed by atoms with Crippen LogP contribution in [0.2, 0.25) is 0 Å². The maximum absolute atomic E-state index is 6.79. The van der Waals surface area contributed by atoms with Crippen LogP contribution in [0.4, 0.5) is 0 Å². The van der Waals surface area contributed by atoms with Gasteiger partial charge in [-0.1, -0.05) is 54.6 Å². The highest BCUT2D eigenvalue weighted by Crippen LogP contribution is 2.42. The zero-order chi connectivity index (χ0) is 30.6. The summed E-state index contributed by atoms with van der Waals surface area (Å²) in [5.41, 5.74) is 3.33. The third-order valence-corrected chi connectivity index (χ3v) is 8.30. The van der Waals surface area contributed by atoms with Crippen LogP contribution in [0.3, 0.4) is 0 Å². The number of hydrogen-bond acceptors (Lipinski definition) is 8. The fraction of sp³-hybridized carbons (Fsp3) is 0.500. The number of methoxy groups -OCH3 is 3. The number of hydrogen-bond donors (Lipinski definition) is 0. The first-order valence-corrected chi connectivity index (χ1v) is 15.5. The van der Waals surface area contributed by atoms with Crippen molar-refractivity contribution >= 4 is 0 Å². The smallest absolute Gasteiger partial charge is 0.174 e. The molecule has 2 saturated heterocycles. The van der Waals surface area contributed by atoms with Crippen LogP contribution in [0.5, 0.6) is 11.5 Å². The molecule has 0 bridgehead atoms. The van der Waals surface area contributed by atoms with Crippen LogP contribution >= 0.6 is 0 Å². The van der Waals surface area contributed by atoms with Crippen molar-refractivity contribution in [3.8, 4) is 11.5 Å². The van der Waals surface area contributed by atoms with Crippen LogP contribution in [0.1, 0.15) is 48.8 Å². The van der Waals surface area contributed by atoms with E-state index in [0.717, 1.165) is 47.5 Å². The van der Waals surface area contributed by atoms with Gasteiger partial charge in [0.05, 0.1) is 65.1 Å². The summed E-state index contributed by atoms with van der Waals surface area (Å²) in [6.07, 6.45) is 3.26. The highest BCUT2D eigenvalue weighted by molar-refractivity contribution is 5.27. The maximum Gasteiger partial charge on any atom is 0.174 e. The van der Waals surface area contributed by atoms with E-state index >= 15 is 0 Å². The summed E-state index contributed by atoms with van der Waals surface area (Å²) in [5.74, 6) is 0.848. The number of ether oxygens (including phenoxy) is 8. The predicted molar refractivity (Wildman–Crippen MR) is 167 cm³/mol. The van der Waals surface area contributed by atoms with Crippen molar-refractivity contribution in [2.45, 2.75) is 82.1 Å². The molecule has 1 spiro atoms. The van der Waals surface area contributed by atoms with Gasteiger partial charge in [0, 0.05) is 39.4 Å². The number of benzene rings is 3. The van der Waals surface area contributed by atoms with E-state index in [2.05, 4.69) is 12.1 Å². The molecule has 0 aliphatic carbocycles. The molecule has 3 aromatic carbocycles. The molecule has 2 aliphatic rings. The van der Waals surface area contributed by atoms with Gasteiger partial charge in [0.1, 0.15) is 11.5 Å². The van der Waals surface area contributed by atoms with E-state index in [4.69, 9.17) is 37.9 Å². The Hall–Kier alpha value is -2.98. The topological polar surface area (TPSA) is 73.8 Å². The van der Waals surface area contributed by atoms with Gasteiger partial charge in [0.25, 0.3) is 0 Å². The maximum atomic E-state index is 6.79. The van der Waals surface area contributed by atoms with Crippen LogP contribution in [0.15, 0.2) is 78.9 Å². The second kappa shape index (κ2) is 16.4. The second-order valence-corrected chi connectivity index (χ2v) is 11.6. The molecule has 5 rings (SSSR count).